The van der Waals surface area contributed by atoms with Crippen molar-refractivity contribution in [2.45, 2.75) is 27.2 Å². The highest BCUT2D eigenvalue weighted by Gasteiger charge is 2.56. The van der Waals surface area contributed by atoms with Crippen molar-refractivity contribution in [1.29, 1.82) is 0 Å². The highest BCUT2D eigenvalue weighted by atomic mass is 14.6. The molecule has 0 spiro atoms. The van der Waals surface area contributed by atoms with Gasteiger partial charge in [0.2, 0.25) is 0 Å². The Kier molecular flexibility index (Phi) is 1.07. The highest BCUT2D eigenvalue weighted by Crippen LogP contribution is 2.63. The first-order valence-electron chi connectivity index (χ1n) is 4.13. The van der Waals surface area contributed by atoms with Gasteiger partial charge < -0.3 is 0 Å². The van der Waals surface area contributed by atoms with Crippen LogP contribution in [0.4, 0.5) is 0 Å². The van der Waals surface area contributed by atoms with Crippen LogP contribution in [-0.4, -0.2) is 0 Å². The number of allylic oxidation sites excluding steroid dienone is 2. The topological polar surface area (TPSA) is 0 Å². The smallest absolute Gasteiger partial charge is 0.00550 e. The molecule has 2 aliphatic carbocycles. The average molecular weight is 135 g/mol. The molecule has 0 aromatic carbocycles. The van der Waals surface area contributed by atoms with Gasteiger partial charge in [0.1, 0.15) is 0 Å². The van der Waals surface area contributed by atoms with Crippen molar-refractivity contribution >= 4 is 0 Å². The Labute approximate surface area is 63.3 Å². The molecule has 0 heterocycles. The summed E-state index contributed by atoms with van der Waals surface area (Å²) < 4.78 is 0. The molecular formula is C10H15. The molecule has 2 unspecified atom stereocenters. The molecule has 0 amide bonds. The first-order valence-corrected chi connectivity index (χ1v) is 4.13. The van der Waals surface area contributed by atoms with Crippen molar-refractivity contribution in [3.8, 4) is 0 Å². The van der Waals surface area contributed by atoms with E-state index in [1.54, 1.807) is 5.92 Å². The fourth-order valence-corrected chi connectivity index (χ4v) is 2.24. The number of hydrogen-bond acceptors (Lipinski definition) is 0. The van der Waals surface area contributed by atoms with Gasteiger partial charge in [-0.3, -0.25) is 0 Å². The molecule has 2 atom stereocenters. The minimum absolute atomic E-state index is 0.619. The fraction of sp³-hybridized carbons (Fsp3) is 0.700. The third-order valence-corrected chi connectivity index (χ3v) is 3.27. The van der Waals surface area contributed by atoms with Crippen LogP contribution in [0.3, 0.4) is 0 Å². The second-order valence-corrected chi connectivity index (χ2v) is 4.36. The monoisotopic (exact) mass is 135 g/mol. The van der Waals surface area contributed by atoms with E-state index in [9.17, 15) is 0 Å². The summed E-state index contributed by atoms with van der Waals surface area (Å²) in [4.78, 5) is 0. The van der Waals surface area contributed by atoms with Crippen molar-refractivity contribution in [2.24, 2.45) is 17.3 Å². The molecule has 1 radical (unpaired) electrons. The van der Waals surface area contributed by atoms with Crippen molar-refractivity contribution in [2.75, 3.05) is 0 Å². The van der Waals surface area contributed by atoms with E-state index in [1.807, 2.05) is 0 Å². The molecule has 2 rings (SSSR count). The van der Waals surface area contributed by atoms with Gasteiger partial charge >= 0.3 is 0 Å². The zero-order chi connectivity index (χ0) is 7.35. The predicted molar refractivity (Wildman–Crippen MR) is 43.4 cm³/mol. The number of hydrogen-bond donors (Lipinski definition) is 0. The molecule has 0 saturated heterocycles. The van der Waals surface area contributed by atoms with Gasteiger partial charge in [0.25, 0.3) is 0 Å². The largest absolute Gasteiger partial charge is 0.0840 e. The molecule has 0 aromatic heterocycles. The molecule has 0 N–H and O–H groups in total. The van der Waals surface area contributed by atoms with E-state index in [0.717, 1.165) is 11.8 Å². The molecule has 0 heteroatoms. The van der Waals surface area contributed by atoms with E-state index in [-0.39, 0.29) is 0 Å². The summed E-state index contributed by atoms with van der Waals surface area (Å²) in [5.41, 5.74) is 0.619. The SMILES string of the molecule is C[C]1C=CC2C(C1)C2(C)C. The first-order chi connectivity index (χ1) is 4.62. The van der Waals surface area contributed by atoms with Crippen LogP contribution in [0.1, 0.15) is 27.2 Å². The normalized spacial score (nSPS) is 43.1. The Hall–Kier alpha value is -0.260. The van der Waals surface area contributed by atoms with E-state index in [1.165, 1.54) is 6.42 Å². The van der Waals surface area contributed by atoms with E-state index < -0.39 is 0 Å². The van der Waals surface area contributed by atoms with E-state index >= 15 is 0 Å². The minimum atomic E-state index is 0.619. The van der Waals surface area contributed by atoms with E-state index in [0.29, 0.717) is 5.41 Å². The Morgan fingerprint density at radius 2 is 2.20 bits per heavy atom. The van der Waals surface area contributed by atoms with Gasteiger partial charge in [0.05, 0.1) is 0 Å². The molecule has 1 fully saturated rings. The summed E-state index contributed by atoms with van der Waals surface area (Å²) in [7, 11) is 0. The summed E-state index contributed by atoms with van der Waals surface area (Å²) in [6.45, 7) is 7.00. The quantitative estimate of drug-likeness (QED) is 0.479. The lowest BCUT2D eigenvalue weighted by atomic mass is 9.97. The van der Waals surface area contributed by atoms with E-state index in [2.05, 4.69) is 32.9 Å². The lowest BCUT2D eigenvalue weighted by Gasteiger charge is -2.07. The number of fused-ring (bicyclic) bond motifs is 1. The molecule has 1 saturated carbocycles. The minimum Gasteiger partial charge on any atom is -0.0840 e. The van der Waals surface area contributed by atoms with Crippen LogP contribution < -0.4 is 0 Å². The standard InChI is InChI=1S/C10H15/c1-7-4-5-8-9(6-7)10(8,2)3/h4-5,8-9H,6H2,1-3H3. The van der Waals surface area contributed by atoms with Crippen LogP contribution in [-0.2, 0) is 0 Å². The molecule has 0 aromatic rings. The molecule has 0 aliphatic heterocycles. The molecule has 55 valence electrons. The maximum atomic E-state index is 2.39. The molecule has 0 bridgehead atoms. The summed E-state index contributed by atoms with van der Waals surface area (Å²) in [6.07, 6.45) is 6.04. The predicted octanol–water partition coefficient (Wildman–Crippen LogP) is 2.81. The van der Waals surface area contributed by atoms with Gasteiger partial charge in [-0.2, -0.15) is 0 Å². The van der Waals surface area contributed by atoms with Crippen LogP contribution in [0.5, 0.6) is 0 Å². The van der Waals surface area contributed by atoms with Crippen LogP contribution in [0.25, 0.3) is 0 Å². The zero-order valence-electron chi connectivity index (χ0n) is 7.02. The molecule has 10 heavy (non-hydrogen) atoms. The maximum absolute atomic E-state index is 2.39. The summed E-state index contributed by atoms with van der Waals surface area (Å²) in [5, 5.41) is 0. The fourth-order valence-electron chi connectivity index (χ4n) is 2.24. The van der Waals surface area contributed by atoms with Crippen LogP contribution in [0.2, 0.25) is 0 Å². The second kappa shape index (κ2) is 1.66. The third-order valence-electron chi connectivity index (χ3n) is 3.27. The van der Waals surface area contributed by atoms with Gasteiger partial charge in [-0.1, -0.05) is 32.9 Å². The Morgan fingerprint density at radius 1 is 1.50 bits per heavy atom. The van der Waals surface area contributed by atoms with Crippen molar-refractivity contribution < 1.29 is 0 Å². The Balaban J connectivity index is 2.16. The van der Waals surface area contributed by atoms with Crippen LogP contribution in [0, 0.1) is 23.2 Å². The van der Waals surface area contributed by atoms with Crippen LogP contribution >= 0.6 is 0 Å². The third kappa shape index (κ3) is 0.680. The average Bonchev–Trinajstić information content (AvgIpc) is 2.36. The van der Waals surface area contributed by atoms with Gasteiger partial charge in [-0.25, -0.2) is 0 Å². The van der Waals surface area contributed by atoms with Gasteiger partial charge in [0, 0.05) is 0 Å². The summed E-state index contributed by atoms with van der Waals surface area (Å²) >= 11 is 0. The van der Waals surface area contributed by atoms with Crippen LogP contribution in [0.15, 0.2) is 12.2 Å². The van der Waals surface area contributed by atoms with Gasteiger partial charge in [-0.15, -0.1) is 0 Å². The van der Waals surface area contributed by atoms with Gasteiger partial charge in [-0.05, 0) is 29.6 Å². The number of rotatable bonds is 0. The van der Waals surface area contributed by atoms with Crippen molar-refractivity contribution in [1.82, 2.24) is 0 Å². The molecular weight excluding hydrogens is 120 g/mol. The maximum Gasteiger partial charge on any atom is -0.00550 e. The first kappa shape index (κ1) is 6.45. The molecule has 0 nitrogen and oxygen atoms in total. The summed E-state index contributed by atoms with van der Waals surface area (Å²) in [6, 6.07) is 0. The lowest BCUT2D eigenvalue weighted by molar-refractivity contribution is 0.543. The van der Waals surface area contributed by atoms with Crippen molar-refractivity contribution in [3.63, 3.8) is 0 Å². The Bertz CT molecular complexity index is 176. The zero-order valence-corrected chi connectivity index (χ0v) is 7.02. The van der Waals surface area contributed by atoms with Crippen molar-refractivity contribution in [3.05, 3.63) is 18.1 Å². The second-order valence-electron chi connectivity index (χ2n) is 4.36. The van der Waals surface area contributed by atoms with Gasteiger partial charge in [0.15, 0.2) is 0 Å². The van der Waals surface area contributed by atoms with E-state index in [4.69, 9.17) is 0 Å². The summed E-state index contributed by atoms with van der Waals surface area (Å²) in [5.74, 6) is 3.43. The lowest BCUT2D eigenvalue weighted by Crippen LogP contribution is -1.95. The highest BCUT2D eigenvalue weighted by molar-refractivity contribution is 5.26. The molecule has 2 aliphatic rings. The Morgan fingerprint density at radius 3 is 2.70 bits per heavy atom.